The fraction of sp³-hybridized carbons (Fsp3) is 0.400. The summed E-state index contributed by atoms with van der Waals surface area (Å²) in [4.78, 5) is 17.4. The molecule has 0 atom stereocenters. The molecule has 1 N–H and O–H groups in total. The predicted octanol–water partition coefficient (Wildman–Crippen LogP) is 3.31. The number of nitrogens with zero attached hydrogens (tertiary/aromatic N) is 1. The number of hydrogen-bond acceptors (Lipinski definition) is 5. The maximum atomic E-state index is 13.2. The predicted molar refractivity (Wildman–Crippen MR) is 97.0 cm³/mol. The lowest BCUT2D eigenvalue weighted by molar-refractivity contribution is -0.121. The van der Waals surface area contributed by atoms with E-state index < -0.39 is 5.41 Å². The molecular weight excluding hydrogens is 332 g/mol. The standard InChI is InChI=1S/C20H22N2O4/c1-24-18-7-5-15(13-21-18)22-19(23)20(8-2-3-9-20)14-4-6-16-17(12-14)26-11-10-25-16/h4-7,12-13H,2-3,8-11H2,1H3,(H,22,23). The van der Waals surface area contributed by atoms with Gasteiger partial charge in [0.1, 0.15) is 13.2 Å². The van der Waals surface area contributed by atoms with Crippen molar-refractivity contribution in [3.63, 3.8) is 0 Å². The van der Waals surface area contributed by atoms with E-state index in [1.807, 2.05) is 18.2 Å². The molecule has 1 amide bonds. The first-order valence-electron chi connectivity index (χ1n) is 8.93. The van der Waals surface area contributed by atoms with Crippen molar-refractivity contribution in [2.75, 3.05) is 25.6 Å². The second-order valence-electron chi connectivity index (χ2n) is 6.69. The summed E-state index contributed by atoms with van der Waals surface area (Å²) >= 11 is 0. The lowest BCUT2D eigenvalue weighted by Crippen LogP contribution is -2.38. The van der Waals surface area contributed by atoms with E-state index in [9.17, 15) is 4.79 Å². The van der Waals surface area contributed by atoms with Crippen molar-refractivity contribution in [3.8, 4) is 17.4 Å². The maximum absolute atomic E-state index is 13.2. The third-order valence-electron chi connectivity index (χ3n) is 5.19. The molecule has 2 aliphatic rings. The van der Waals surface area contributed by atoms with Crippen molar-refractivity contribution >= 4 is 11.6 Å². The van der Waals surface area contributed by atoms with Crippen LogP contribution in [0.3, 0.4) is 0 Å². The highest BCUT2D eigenvalue weighted by atomic mass is 16.6. The van der Waals surface area contributed by atoms with E-state index >= 15 is 0 Å². The highest BCUT2D eigenvalue weighted by molar-refractivity contribution is 5.99. The van der Waals surface area contributed by atoms with Gasteiger partial charge in [0.2, 0.25) is 11.8 Å². The Balaban J connectivity index is 1.62. The van der Waals surface area contributed by atoms with E-state index in [2.05, 4.69) is 10.3 Å². The van der Waals surface area contributed by atoms with E-state index in [1.54, 1.807) is 25.4 Å². The van der Waals surface area contributed by atoms with Gasteiger partial charge in [-0.1, -0.05) is 18.9 Å². The van der Waals surface area contributed by atoms with E-state index in [4.69, 9.17) is 14.2 Å². The minimum atomic E-state index is -0.546. The van der Waals surface area contributed by atoms with Gasteiger partial charge in [0, 0.05) is 6.07 Å². The fourth-order valence-electron chi connectivity index (χ4n) is 3.79. The lowest BCUT2D eigenvalue weighted by atomic mass is 9.77. The molecular formula is C20H22N2O4. The molecule has 1 fully saturated rings. The number of hydrogen-bond donors (Lipinski definition) is 1. The van der Waals surface area contributed by atoms with Crippen molar-refractivity contribution in [1.29, 1.82) is 0 Å². The number of anilines is 1. The molecule has 2 heterocycles. The van der Waals surface area contributed by atoms with Crippen molar-refractivity contribution in [2.45, 2.75) is 31.1 Å². The Bertz CT molecular complexity index is 798. The van der Waals surface area contributed by atoms with Crippen LogP contribution < -0.4 is 19.5 Å². The second kappa shape index (κ2) is 6.86. The first kappa shape index (κ1) is 16.7. The second-order valence-corrected chi connectivity index (χ2v) is 6.69. The maximum Gasteiger partial charge on any atom is 0.235 e. The molecule has 26 heavy (non-hydrogen) atoms. The Labute approximate surface area is 152 Å². The minimum Gasteiger partial charge on any atom is -0.486 e. The number of fused-ring (bicyclic) bond motifs is 1. The van der Waals surface area contributed by atoms with Gasteiger partial charge < -0.3 is 19.5 Å². The number of aromatic nitrogens is 1. The average molecular weight is 354 g/mol. The summed E-state index contributed by atoms with van der Waals surface area (Å²) in [7, 11) is 1.57. The van der Waals surface area contributed by atoms with Gasteiger partial charge in [-0.2, -0.15) is 0 Å². The molecule has 0 unspecified atom stereocenters. The van der Waals surface area contributed by atoms with Crippen molar-refractivity contribution < 1.29 is 19.0 Å². The molecule has 1 aliphatic carbocycles. The molecule has 0 radical (unpaired) electrons. The van der Waals surface area contributed by atoms with Crippen LogP contribution in [-0.4, -0.2) is 31.2 Å². The average Bonchev–Trinajstić information content (AvgIpc) is 3.19. The van der Waals surface area contributed by atoms with E-state index in [-0.39, 0.29) is 5.91 Å². The first-order valence-corrected chi connectivity index (χ1v) is 8.93. The smallest absolute Gasteiger partial charge is 0.235 e. The SMILES string of the molecule is COc1ccc(NC(=O)C2(c3ccc4c(c3)OCCO4)CCCC2)cn1. The molecule has 1 aliphatic heterocycles. The monoisotopic (exact) mass is 354 g/mol. The lowest BCUT2D eigenvalue weighted by Gasteiger charge is -2.29. The molecule has 136 valence electrons. The third-order valence-corrected chi connectivity index (χ3v) is 5.19. The number of amides is 1. The number of benzene rings is 1. The summed E-state index contributed by atoms with van der Waals surface area (Å²) in [5.74, 6) is 1.98. The Morgan fingerprint density at radius 2 is 1.88 bits per heavy atom. The molecule has 6 nitrogen and oxygen atoms in total. The van der Waals surface area contributed by atoms with Crippen LogP contribution in [0.2, 0.25) is 0 Å². The zero-order valence-corrected chi connectivity index (χ0v) is 14.8. The summed E-state index contributed by atoms with van der Waals surface area (Å²) in [5.41, 5.74) is 1.10. The molecule has 1 aromatic heterocycles. The number of nitrogens with one attached hydrogen (secondary N) is 1. The fourth-order valence-corrected chi connectivity index (χ4v) is 3.79. The van der Waals surface area contributed by atoms with Crippen molar-refractivity contribution in [1.82, 2.24) is 4.98 Å². The quantitative estimate of drug-likeness (QED) is 0.912. The Morgan fingerprint density at radius 1 is 1.12 bits per heavy atom. The zero-order chi connectivity index (χ0) is 18.0. The summed E-state index contributed by atoms with van der Waals surface area (Å²) in [6, 6.07) is 9.40. The Kier molecular flexibility index (Phi) is 4.41. The number of carbonyl (C=O) groups excluding carboxylic acids is 1. The van der Waals surface area contributed by atoms with Crippen LogP contribution in [0.4, 0.5) is 5.69 Å². The number of rotatable bonds is 4. The van der Waals surface area contributed by atoms with Crippen LogP contribution >= 0.6 is 0 Å². The van der Waals surface area contributed by atoms with Gasteiger partial charge >= 0.3 is 0 Å². The summed E-state index contributed by atoms with van der Waals surface area (Å²) in [5, 5.41) is 3.03. The van der Waals surface area contributed by atoms with E-state index in [1.165, 1.54) is 0 Å². The zero-order valence-electron chi connectivity index (χ0n) is 14.8. The molecule has 0 spiro atoms. The molecule has 1 aromatic carbocycles. The molecule has 0 saturated heterocycles. The number of carbonyl (C=O) groups is 1. The van der Waals surface area contributed by atoms with Gasteiger partial charge in [-0.3, -0.25) is 4.79 Å². The van der Waals surface area contributed by atoms with Crippen LogP contribution in [-0.2, 0) is 10.2 Å². The van der Waals surface area contributed by atoms with Gasteiger partial charge in [0.25, 0.3) is 0 Å². The van der Waals surface area contributed by atoms with Crippen LogP contribution in [0, 0.1) is 0 Å². The number of pyridine rings is 1. The summed E-state index contributed by atoms with van der Waals surface area (Å²) < 4.78 is 16.4. The van der Waals surface area contributed by atoms with Crippen LogP contribution in [0.25, 0.3) is 0 Å². The topological polar surface area (TPSA) is 69.7 Å². The largest absolute Gasteiger partial charge is 0.486 e. The van der Waals surface area contributed by atoms with Crippen LogP contribution in [0.15, 0.2) is 36.5 Å². The first-order chi connectivity index (χ1) is 12.7. The summed E-state index contributed by atoms with van der Waals surface area (Å²) in [6.45, 7) is 1.09. The van der Waals surface area contributed by atoms with E-state index in [0.717, 1.165) is 42.7 Å². The Morgan fingerprint density at radius 3 is 2.58 bits per heavy atom. The molecule has 2 aromatic rings. The van der Waals surface area contributed by atoms with Crippen LogP contribution in [0.1, 0.15) is 31.2 Å². The van der Waals surface area contributed by atoms with Gasteiger partial charge in [-0.05, 0) is 36.6 Å². The normalized spacial score (nSPS) is 17.6. The van der Waals surface area contributed by atoms with Gasteiger partial charge in [0.05, 0.1) is 24.4 Å². The van der Waals surface area contributed by atoms with Gasteiger partial charge in [-0.15, -0.1) is 0 Å². The summed E-state index contributed by atoms with van der Waals surface area (Å²) in [6.07, 6.45) is 5.32. The molecule has 4 rings (SSSR count). The van der Waals surface area contributed by atoms with Gasteiger partial charge in [-0.25, -0.2) is 4.98 Å². The highest BCUT2D eigenvalue weighted by Gasteiger charge is 2.43. The molecule has 6 heteroatoms. The van der Waals surface area contributed by atoms with E-state index in [0.29, 0.717) is 24.8 Å². The van der Waals surface area contributed by atoms with Gasteiger partial charge in [0.15, 0.2) is 11.5 Å². The number of ether oxygens (including phenoxy) is 3. The molecule has 1 saturated carbocycles. The minimum absolute atomic E-state index is 0.00125. The van der Waals surface area contributed by atoms with Crippen LogP contribution in [0.5, 0.6) is 17.4 Å². The Hall–Kier alpha value is -2.76. The van der Waals surface area contributed by atoms with Crippen molar-refractivity contribution in [3.05, 3.63) is 42.1 Å². The highest BCUT2D eigenvalue weighted by Crippen LogP contribution is 2.45. The molecule has 0 bridgehead atoms. The third kappa shape index (κ3) is 2.96. The van der Waals surface area contributed by atoms with Crippen molar-refractivity contribution in [2.24, 2.45) is 0 Å². The number of methoxy groups -OCH3 is 1.